The predicted octanol–water partition coefficient (Wildman–Crippen LogP) is 3.67. The normalized spacial score (nSPS) is 37.8. The second-order valence-corrected chi connectivity index (χ2v) is 24.0. The van der Waals surface area contributed by atoms with Crippen LogP contribution < -0.4 is 4.90 Å². The third kappa shape index (κ3) is 15.4. The number of hydrogen-bond acceptors (Lipinski definition) is 19. The van der Waals surface area contributed by atoms with Crippen LogP contribution in [0.3, 0.4) is 0 Å². The zero-order chi connectivity index (χ0) is 58.3. The lowest BCUT2D eigenvalue weighted by Gasteiger charge is -2.48. The monoisotopic (exact) mass is 1120 g/mol. The van der Waals surface area contributed by atoms with Gasteiger partial charge in [0.05, 0.1) is 47.2 Å². The minimum Gasteiger partial charge on any atom is -0.459 e. The van der Waals surface area contributed by atoms with Crippen LogP contribution in [-0.4, -0.2) is 232 Å². The van der Waals surface area contributed by atoms with E-state index in [0.29, 0.717) is 64.2 Å². The van der Waals surface area contributed by atoms with Crippen molar-refractivity contribution in [2.75, 3.05) is 85.8 Å². The summed E-state index contributed by atoms with van der Waals surface area (Å²) in [5.74, 6) is -2.89. The molecule has 1 aromatic carbocycles. The number of esters is 1. The fourth-order valence-electron chi connectivity index (χ4n) is 12.7. The van der Waals surface area contributed by atoms with Crippen molar-refractivity contribution in [3.05, 3.63) is 41.7 Å². The van der Waals surface area contributed by atoms with Gasteiger partial charge in [-0.1, -0.05) is 38.1 Å². The number of methoxy groups -OCH3 is 2. The summed E-state index contributed by atoms with van der Waals surface area (Å²) in [5.41, 5.74) is -2.01. The second kappa shape index (κ2) is 27.7. The molecule has 21 nitrogen and oxygen atoms in total. The molecule has 1 aromatic heterocycles. The van der Waals surface area contributed by atoms with Gasteiger partial charge in [0.1, 0.15) is 49.3 Å². The van der Waals surface area contributed by atoms with Crippen molar-refractivity contribution >= 4 is 17.6 Å². The maximum Gasteiger partial charge on any atom is 0.311 e. The highest BCUT2D eigenvalue weighted by Gasteiger charge is 2.52. The molecule has 4 saturated heterocycles. The quantitative estimate of drug-likeness (QED) is 0.142. The number of anilines is 1. The molecule has 5 heterocycles. The van der Waals surface area contributed by atoms with Crippen molar-refractivity contribution in [3.8, 4) is 0 Å². The van der Waals surface area contributed by atoms with Gasteiger partial charge >= 0.3 is 5.97 Å². The number of ether oxygens (including phenoxy) is 7. The van der Waals surface area contributed by atoms with Crippen molar-refractivity contribution in [1.82, 2.24) is 29.7 Å². The number of nitrogens with zero attached hydrogens (tertiary/aromatic N) is 7. The number of alkyl halides is 1. The number of rotatable bonds is 17. The van der Waals surface area contributed by atoms with E-state index in [9.17, 15) is 35.1 Å². The van der Waals surface area contributed by atoms with Crippen LogP contribution in [0, 0.1) is 17.8 Å². The van der Waals surface area contributed by atoms with Gasteiger partial charge in [0.15, 0.2) is 12.6 Å². The van der Waals surface area contributed by atoms with E-state index >= 15 is 4.39 Å². The highest BCUT2D eigenvalue weighted by Crippen LogP contribution is 2.41. The summed E-state index contributed by atoms with van der Waals surface area (Å²) in [5, 5.41) is 65.7. The average molecular weight is 1120 g/mol. The number of aromatic nitrogens is 3. The van der Waals surface area contributed by atoms with Crippen molar-refractivity contribution in [1.29, 1.82) is 0 Å². The summed E-state index contributed by atoms with van der Waals surface area (Å²) in [7, 11) is 6.94. The molecule has 4 aliphatic heterocycles. The Labute approximate surface area is 467 Å². The molecule has 4 aliphatic rings. The molecule has 450 valence electrons. The first-order valence-electron chi connectivity index (χ1n) is 28.5. The van der Waals surface area contributed by atoms with E-state index in [2.05, 4.69) is 20.1 Å². The van der Waals surface area contributed by atoms with Crippen LogP contribution in [0.5, 0.6) is 0 Å². The van der Waals surface area contributed by atoms with E-state index < -0.39 is 115 Å². The van der Waals surface area contributed by atoms with Gasteiger partial charge in [-0.15, -0.1) is 5.10 Å². The van der Waals surface area contributed by atoms with E-state index in [-0.39, 0.29) is 43.2 Å². The molecule has 1 amide bonds. The van der Waals surface area contributed by atoms with Crippen LogP contribution in [0.2, 0.25) is 0 Å². The molecule has 22 heteroatoms. The molecule has 0 saturated carbocycles. The number of hydrogen-bond donors (Lipinski definition) is 5. The summed E-state index contributed by atoms with van der Waals surface area (Å²) in [4.78, 5) is 34.5. The Bertz CT molecular complexity index is 2220. The molecule has 0 radical (unpaired) electrons. The van der Waals surface area contributed by atoms with Crippen molar-refractivity contribution in [2.24, 2.45) is 17.8 Å². The van der Waals surface area contributed by atoms with Gasteiger partial charge in [0, 0.05) is 103 Å². The van der Waals surface area contributed by atoms with Gasteiger partial charge in [-0.3, -0.25) is 9.59 Å². The SMILES string of the molecule is CC[C@H]1OC(=O)[C@H](C)[C@@H](O[C@H]2C[C@@](C)(OC)[C@@H](O)[C@H](C)O2)[C@H](C)[C@@H](O[C@H]2C[C@@H](N(C)CCc3cn([C@H](CF)[C@H](OC)c4ccc(N5CCN(C(=O)CO)CC5)cc4)nn3)C[C@@H](C)O2)[C@](C)(O)C[C@@H](C)CN(C)[C@H](C)[C@@H](O)[C@]1(C)O. The second-order valence-electron chi connectivity index (χ2n) is 24.0. The Kier molecular flexibility index (Phi) is 22.7. The van der Waals surface area contributed by atoms with Crippen LogP contribution in [0.4, 0.5) is 10.1 Å². The Morgan fingerprint density at radius 3 is 2.22 bits per heavy atom. The highest BCUT2D eigenvalue weighted by molar-refractivity contribution is 5.77. The molecular formula is C57H96FN7O14. The summed E-state index contributed by atoms with van der Waals surface area (Å²) in [6, 6.07) is 6.39. The number of carbonyl (C=O) groups is 2. The summed E-state index contributed by atoms with van der Waals surface area (Å²) in [6.45, 7) is 19.9. The molecule has 2 aromatic rings. The molecule has 4 fully saturated rings. The van der Waals surface area contributed by atoms with Crippen molar-refractivity contribution in [2.45, 2.75) is 204 Å². The van der Waals surface area contributed by atoms with Crippen LogP contribution in [0.1, 0.15) is 125 Å². The fourth-order valence-corrected chi connectivity index (χ4v) is 12.7. The first-order chi connectivity index (χ1) is 37.2. The average Bonchev–Trinajstić information content (AvgIpc) is 3.93. The number of cyclic esters (lactones) is 1. The molecule has 0 unspecified atom stereocenters. The molecule has 19 atom stereocenters. The van der Waals surface area contributed by atoms with Crippen LogP contribution >= 0.6 is 0 Å². The van der Waals surface area contributed by atoms with Gasteiger partial charge < -0.3 is 78.3 Å². The Balaban J connectivity index is 1.20. The lowest BCUT2D eigenvalue weighted by Crippen LogP contribution is -2.59. The molecule has 0 spiro atoms. The van der Waals surface area contributed by atoms with Crippen molar-refractivity contribution < 1.29 is 72.7 Å². The molecule has 6 rings (SSSR count). The molecule has 5 N–H and O–H groups in total. The molecule has 0 bridgehead atoms. The molecular weight excluding hydrogens is 1030 g/mol. The first-order valence-corrected chi connectivity index (χ1v) is 28.5. The topological polar surface area (TPSA) is 244 Å². The number of likely N-dealkylation sites (N-methyl/N-ethyl adjacent to an activating group) is 2. The van der Waals surface area contributed by atoms with Crippen molar-refractivity contribution in [3.63, 3.8) is 0 Å². The number of aliphatic hydroxyl groups is 5. The predicted molar refractivity (Wildman–Crippen MR) is 293 cm³/mol. The first kappa shape index (κ1) is 64.7. The maximum atomic E-state index is 15.0. The summed E-state index contributed by atoms with van der Waals surface area (Å²) in [6.07, 6.45) is -4.80. The highest BCUT2D eigenvalue weighted by atomic mass is 19.1. The number of piperazine rings is 1. The largest absolute Gasteiger partial charge is 0.459 e. The third-order valence-corrected chi connectivity index (χ3v) is 17.8. The van der Waals surface area contributed by atoms with E-state index in [4.69, 9.17) is 33.2 Å². The smallest absolute Gasteiger partial charge is 0.311 e. The summed E-state index contributed by atoms with van der Waals surface area (Å²) >= 11 is 0. The Morgan fingerprint density at radius 2 is 1.61 bits per heavy atom. The number of carbonyl (C=O) groups excluding carboxylic acids is 2. The summed E-state index contributed by atoms with van der Waals surface area (Å²) < 4.78 is 61.2. The fraction of sp³-hybridized carbons (Fsp3) is 0.825. The minimum atomic E-state index is -1.83. The van der Waals surface area contributed by atoms with Crippen LogP contribution in [0.25, 0.3) is 0 Å². The lowest BCUT2D eigenvalue weighted by atomic mass is 9.77. The zero-order valence-corrected chi connectivity index (χ0v) is 49.4. The number of halogens is 1. The Morgan fingerprint density at radius 1 is 0.937 bits per heavy atom. The van der Waals surface area contributed by atoms with E-state index in [1.807, 2.05) is 71.0 Å². The van der Waals surface area contributed by atoms with Gasteiger partial charge in [-0.2, -0.15) is 0 Å². The molecule has 0 aliphatic carbocycles. The van der Waals surface area contributed by atoms with E-state index in [1.165, 1.54) is 18.7 Å². The number of amides is 1. The van der Waals surface area contributed by atoms with Crippen LogP contribution in [-0.2, 0) is 49.2 Å². The van der Waals surface area contributed by atoms with Gasteiger partial charge in [0.25, 0.3) is 0 Å². The van der Waals surface area contributed by atoms with E-state index in [0.717, 1.165) is 11.3 Å². The minimum absolute atomic E-state index is 0.0341. The van der Waals surface area contributed by atoms with Gasteiger partial charge in [0.2, 0.25) is 5.91 Å². The lowest BCUT2D eigenvalue weighted by molar-refractivity contribution is -0.308. The zero-order valence-electron chi connectivity index (χ0n) is 49.4. The number of benzene rings is 1. The Hall–Kier alpha value is -3.49. The number of aliphatic hydroxyl groups excluding tert-OH is 3. The standard InChI is InChI=1S/C57H96FN7O14/c1-15-45-57(10,72)51(68)38(6)62(12)31-34(2)28-55(8,71)53(36(4)49(37(5)54(70)77-45)78-48-29-56(9,74-14)52(69)39(7)76-48)79-47-27-43(26-35(3)75-47)61(11)21-20-41-32-65(60-59-41)44(30-58)50(73-13)40-16-18-42(19-17-40)63-22-24-64(25-23-63)46(67)33-66/h16-19,32,34-39,43-45,47-53,66,68-69,71-72H,15,20-31,33H2,1-14H3/t34-,35-,36+,37-,38-,39+,43+,44-,45-,47+,48+,49+,50-,51-,52+,53-,55-,56-,57-/m1/s1. The van der Waals surface area contributed by atoms with E-state index in [1.54, 1.807) is 52.8 Å². The van der Waals surface area contributed by atoms with Crippen LogP contribution in [0.15, 0.2) is 30.5 Å². The molecule has 79 heavy (non-hydrogen) atoms. The third-order valence-electron chi connectivity index (χ3n) is 17.8. The van der Waals surface area contributed by atoms with Gasteiger partial charge in [-0.25, -0.2) is 9.07 Å². The maximum absolute atomic E-state index is 15.0. The van der Waals surface area contributed by atoms with Gasteiger partial charge in [-0.05, 0) is 105 Å².